The molecule has 1 N–H and O–H groups in total. The van der Waals surface area contributed by atoms with Crippen LogP contribution in [0.1, 0.15) is 31.1 Å². The Hall–Kier alpha value is -1.66. The van der Waals surface area contributed by atoms with Crippen LogP contribution < -0.4 is 5.32 Å². The highest BCUT2D eigenvalue weighted by Gasteiger charge is 2.23. The Kier molecular flexibility index (Phi) is 6.58. The summed E-state index contributed by atoms with van der Waals surface area (Å²) >= 11 is 5.93. The van der Waals surface area contributed by atoms with Crippen molar-refractivity contribution in [2.45, 2.75) is 26.8 Å². The molecule has 1 unspecified atom stereocenters. The standard InChI is InChI=1S/C14H19ClN2O4/c1-4-21-8-11(9(2)3)16-14(18)10-6-5-7-12(13(10)15)17(19)20/h5-7,9,11H,4,8H2,1-3H3,(H,16,18). The van der Waals surface area contributed by atoms with Gasteiger partial charge >= 0.3 is 0 Å². The minimum Gasteiger partial charge on any atom is -0.380 e. The van der Waals surface area contributed by atoms with Gasteiger partial charge in [0, 0.05) is 12.7 Å². The van der Waals surface area contributed by atoms with Crippen LogP contribution in [0.3, 0.4) is 0 Å². The highest BCUT2D eigenvalue weighted by molar-refractivity contribution is 6.35. The second-order valence-electron chi connectivity index (χ2n) is 4.88. The van der Waals surface area contributed by atoms with Crippen LogP contribution in [0.4, 0.5) is 5.69 Å². The van der Waals surface area contributed by atoms with Crippen molar-refractivity contribution in [2.75, 3.05) is 13.2 Å². The fourth-order valence-corrected chi connectivity index (χ4v) is 2.01. The zero-order valence-corrected chi connectivity index (χ0v) is 13.0. The maximum Gasteiger partial charge on any atom is 0.288 e. The first-order chi connectivity index (χ1) is 9.88. The molecule has 0 bridgehead atoms. The van der Waals surface area contributed by atoms with Crippen molar-refractivity contribution in [3.05, 3.63) is 38.9 Å². The summed E-state index contributed by atoms with van der Waals surface area (Å²) in [6, 6.07) is 3.97. The molecule has 116 valence electrons. The SMILES string of the molecule is CCOCC(NC(=O)c1cccc([N+](=O)[O-])c1Cl)C(C)C. The molecule has 0 aliphatic carbocycles. The molecule has 0 spiro atoms. The molecule has 0 saturated carbocycles. The summed E-state index contributed by atoms with van der Waals surface area (Å²) in [5, 5.41) is 13.5. The predicted molar refractivity (Wildman–Crippen MR) is 80.7 cm³/mol. The van der Waals surface area contributed by atoms with E-state index >= 15 is 0 Å². The molecule has 1 atom stereocenters. The molecule has 0 fully saturated rings. The van der Waals surface area contributed by atoms with Crippen LogP contribution in [0.15, 0.2) is 18.2 Å². The Balaban J connectivity index is 2.92. The number of amides is 1. The molecule has 1 amide bonds. The van der Waals surface area contributed by atoms with E-state index in [2.05, 4.69) is 5.32 Å². The lowest BCUT2D eigenvalue weighted by atomic mass is 10.0. The van der Waals surface area contributed by atoms with Gasteiger partial charge in [0.25, 0.3) is 11.6 Å². The summed E-state index contributed by atoms with van der Waals surface area (Å²) in [6.07, 6.45) is 0. The maximum absolute atomic E-state index is 12.2. The van der Waals surface area contributed by atoms with Crippen LogP contribution in [0.5, 0.6) is 0 Å². The summed E-state index contributed by atoms with van der Waals surface area (Å²) in [7, 11) is 0. The monoisotopic (exact) mass is 314 g/mol. The van der Waals surface area contributed by atoms with Crippen LogP contribution >= 0.6 is 11.6 Å². The fourth-order valence-electron chi connectivity index (χ4n) is 1.73. The van der Waals surface area contributed by atoms with E-state index in [9.17, 15) is 14.9 Å². The highest BCUT2D eigenvalue weighted by atomic mass is 35.5. The topological polar surface area (TPSA) is 81.5 Å². The highest BCUT2D eigenvalue weighted by Crippen LogP contribution is 2.27. The van der Waals surface area contributed by atoms with Gasteiger partial charge < -0.3 is 10.1 Å². The smallest absolute Gasteiger partial charge is 0.288 e. The van der Waals surface area contributed by atoms with E-state index in [1.807, 2.05) is 20.8 Å². The molecule has 21 heavy (non-hydrogen) atoms. The number of ether oxygens (including phenoxy) is 1. The third-order valence-electron chi connectivity index (χ3n) is 3.04. The van der Waals surface area contributed by atoms with E-state index in [4.69, 9.17) is 16.3 Å². The lowest BCUT2D eigenvalue weighted by Crippen LogP contribution is -2.42. The van der Waals surface area contributed by atoms with E-state index in [-0.39, 0.29) is 28.2 Å². The van der Waals surface area contributed by atoms with E-state index in [1.54, 1.807) is 0 Å². The van der Waals surface area contributed by atoms with Gasteiger partial charge in [0.1, 0.15) is 5.02 Å². The molecule has 7 heteroatoms. The minimum absolute atomic E-state index is 0.0908. The number of halogens is 1. The molecule has 1 aromatic carbocycles. The van der Waals surface area contributed by atoms with Gasteiger partial charge in [-0.2, -0.15) is 0 Å². The quantitative estimate of drug-likeness (QED) is 0.619. The zero-order chi connectivity index (χ0) is 16.0. The minimum atomic E-state index is -0.612. The van der Waals surface area contributed by atoms with E-state index in [0.717, 1.165) is 0 Å². The molecule has 1 aromatic rings. The number of hydrogen-bond acceptors (Lipinski definition) is 4. The maximum atomic E-state index is 12.2. The van der Waals surface area contributed by atoms with Crippen LogP contribution in [-0.4, -0.2) is 30.1 Å². The lowest BCUT2D eigenvalue weighted by molar-refractivity contribution is -0.384. The molecule has 6 nitrogen and oxygen atoms in total. The normalized spacial score (nSPS) is 12.2. The summed E-state index contributed by atoms with van der Waals surface area (Å²) in [4.78, 5) is 22.5. The molecule has 0 radical (unpaired) electrons. The molecule has 1 rings (SSSR count). The molecule has 0 aliphatic heterocycles. The molecular weight excluding hydrogens is 296 g/mol. The number of rotatable bonds is 7. The van der Waals surface area contributed by atoms with Gasteiger partial charge in [0.2, 0.25) is 0 Å². The lowest BCUT2D eigenvalue weighted by Gasteiger charge is -2.22. The first-order valence-corrected chi connectivity index (χ1v) is 7.07. The summed E-state index contributed by atoms with van der Waals surface area (Å²) in [5.41, 5.74) is -0.191. The van der Waals surface area contributed by atoms with Gasteiger partial charge in [-0.25, -0.2) is 0 Å². The van der Waals surface area contributed by atoms with Crippen LogP contribution in [0.25, 0.3) is 0 Å². The van der Waals surface area contributed by atoms with E-state index in [1.165, 1.54) is 18.2 Å². The molecule has 0 saturated heterocycles. The van der Waals surface area contributed by atoms with Crippen molar-refractivity contribution in [2.24, 2.45) is 5.92 Å². The predicted octanol–water partition coefficient (Wildman–Crippen LogP) is 3.04. The third-order valence-corrected chi connectivity index (χ3v) is 3.44. The molecule has 0 aliphatic rings. The third kappa shape index (κ3) is 4.68. The van der Waals surface area contributed by atoms with Crippen molar-refractivity contribution >= 4 is 23.2 Å². The number of hydrogen-bond donors (Lipinski definition) is 1. The number of carbonyl (C=O) groups excluding carboxylic acids is 1. The van der Waals surface area contributed by atoms with Crippen LogP contribution in [0.2, 0.25) is 5.02 Å². The summed E-state index contributed by atoms with van der Waals surface area (Å²) in [6.45, 7) is 6.72. The van der Waals surface area contributed by atoms with Crippen molar-refractivity contribution in [1.82, 2.24) is 5.32 Å². The van der Waals surface area contributed by atoms with E-state index in [0.29, 0.717) is 13.2 Å². The number of benzene rings is 1. The Morgan fingerprint density at radius 3 is 2.67 bits per heavy atom. The second kappa shape index (κ2) is 7.95. The Labute approximate surface area is 128 Å². The van der Waals surface area contributed by atoms with Gasteiger partial charge in [0.05, 0.1) is 23.1 Å². The Morgan fingerprint density at radius 1 is 1.48 bits per heavy atom. The summed E-state index contributed by atoms with van der Waals surface area (Å²) < 4.78 is 5.33. The number of nitrogens with zero attached hydrogens (tertiary/aromatic N) is 1. The number of carbonyl (C=O) groups is 1. The van der Waals surface area contributed by atoms with Gasteiger partial charge in [0.15, 0.2) is 0 Å². The first kappa shape index (κ1) is 17.4. The second-order valence-corrected chi connectivity index (χ2v) is 5.26. The van der Waals surface area contributed by atoms with Crippen LogP contribution in [0, 0.1) is 16.0 Å². The van der Waals surface area contributed by atoms with Crippen LogP contribution in [-0.2, 0) is 4.74 Å². The number of nitro benzene ring substituents is 1. The van der Waals surface area contributed by atoms with Crippen molar-refractivity contribution in [1.29, 1.82) is 0 Å². The van der Waals surface area contributed by atoms with Gasteiger partial charge in [-0.15, -0.1) is 0 Å². The average Bonchev–Trinajstić information content (AvgIpc) is 2.42. The fraction of sp³-hybridized carbons (Fsp3) is 0.500. The van der Waals surface area contributed by atoms with Crippen molar-refractivity contribution in [3.63, 3.8) is 0 Å². The zero-order valence-electron chi connectivity index (χ0n) is 12.3. The average molecular weight is 315 g/mol. The Bertz CT molecular complexity index is 520. The summed E-state index contributed by atoms with van der Waals surface area (Å²) in [5.74, 6) is -0.278. The Morgan fingerprint density at radius 2 is 2.14 bits per heavy atom. The molecular formula is C14H19ClN2O4. The largest absolute Gasteiger partial charge is 0.380 e. The number of nitrogens with one attached hydrogen (secondary N) is 1. The van der Waals surface area contributed by atoms with Crippen molar-refractivity contribution < 1.29 is 14.5 Å². The van der Waals surface area contributed by atoms with E-state index < -0.39 is 10.8 Å². The van der Waals surface area contributed by atoms with Gasteiger partial charge in [-0.3, -0.25) is 14.9 Å². The van der Waals surface area contributed by atoms with Crippen molar-refractivity contribution in [3.8, 4) is 0 Å². The molecule has 0 heterocycles. The first-order valence-electron chi connectivity index (χ1n) is 6.70. The molecule has 0 aromatic heterocycles. The van der Waals surface area contributed by atoms with Gasteiger partial charge in [-0.1, -0.05) is 31.5 Å². The van der Waals surface area contributed by atoms with Gasteiger partial charge in [-0.05, 0) is 18.9 Å². The number of nitro groups is 1.